The Balaban J connectivity index is 2.77. The Morgan fingerprint density at radius 2 is 2.20 bits per heavy atom. The number of hydrogen-bond donors (Lipinski definition) is 2. The van der Waals surface area contributed by atoms with E-state index in [0.717, 1.165) is 0 Å². The number of aromatic nitrogens is 1. The predicted molar refractivity (Wildman–Crippen MR) is 82.2 cm³/mol. The summed E-state index contributed by atoms with van der Waals surface area (Å²) in [4.78, 5) is 4.43. The summed E-state index contributed by atoms with van der Waals surface area (Å²) in [5.41, 5.74) is 0.226. The van der Waals surface area contributed by atoms with Crippen LogP contribution in [0.4, 0.5) is 0 Å². The molecule has 1 aromatic carbocycles. The molecule has 5 nitrogen and oxygen atoms in total. The van der Waals surface area contributed by atoms with Gasteiger partial charge >= 0.3 is 0 Å². The van der Waals surface area contributed by atoms with Gasteiger partial charge in [0, 0.05) is 26.4 Å². The van der Waals surface area contributed by atoms with Crippen molar-refractivity contribution >= 4 is 20.9 Å². The molecule has 0 aliphatic rings. The van der Waals surface area contributed by atoms with Gasteiger partial charge in [-0.05, 0) is 50.7 Å². The van der Waals surface area contributed by atoms with Crippen molar-refractivity contribution in [3.05, 3.63) is 35.5 Å². The third kappa shape index (κ3) is 3.59. The van der Waals surface area contributed by atoms with Crippen molar-refractivity contribution in [3.63, 3.8) is 0 Å². The third-order valence-corrected chi connectivity index (χ3v) is 4.02. The van der Waals surface area contributed by atoms with Crippen molar-refractivity contribution in [1.82, 2.24) is 14.6 Å². The Morgan fingerprint density at radius 3 is 2.85 bits per heavy atom. The maximum absolute atomic E-state index is 11.9. The molecule has 1 aromatic heterocycles. The zero-order valence-electron chi connectivity index (χ0n) is 16.7. The van der Waals surface area contributed by atoms with Crippen LogP contribution in [0.2, 0.25) is 0 Å². The largest absolute Gasteiger partial charge is 0.361 e. The lowest BCUT2D eigenvalue weighted by Crippen LogP contribution is -2.20. The van der Waals surface area contributed by atoms with Gasteiger partial charge in [0.1, 0.15) is 0 Å². The van der Waals surface area contributed by atoms with Crippen molar-refractivity contribution in [2.75, 3.05) is 27.7 Å². The molecule has 2 rings (SSSR count). The van der Waals surface area contributed by atoms with Crippen LogP contribution in [0.5, 0.6) is 0 Å². The lowest BCUT2D eigenvalue weighted by Gasteiger charge is -2.08. The van der Waals surface area contributed by atoms with Crippen LogP contribution >= 0.6 is 0 Å². The summed E-state index contributed by atoms with van der Waals surface area (Å²) >= 11 is 0. The van der Waals surface area contributed by atoms with Gasteiger partial charge in [0.25, 0.3) is 0 Å². The van der Waals surface area contributed by atoms with Gasteiger partial charge in [-0.2, -0.15) is 0 Å². The SMILES string of the molecule is [2H]c1c(CS(=O)(=O)NC)c([2H])c2c(C([2H])([2H])CN(C)C)c[nH]c2c1[2H]. The van der Waals surface area contributed by atoms with Crippen molar-refractivity contribution in [2.45, 2.75) is 12.1 Å². The van der Waals surface area contributed by atoms with Crippen molar-refractivity contribution in [2.24, 2.45) is 0 Å². The minimum absolute atomic E-state index is 0.0551. The lowest BCUT2D eigenvalue weighted by atomic mass is 10.1. The first-order valence-corrected chi connectivity index (χ1v) is 7.72. The normalized spacial score (nSPS) is 16.7. The number of benzene rings is 1. The van der Waals surface area contributed by atoms with Crippen LogP contribution in [0.3, 0.4) is 0 Å². The molecule has 0 saturated heterocycles. The number of rotatable bonds is 6. The molecule has 2 N–H and O–H groups in total. The average Bonchev–Trinajstić information content (AvgIpc) is 2.94. The van der Waals surface area contributed by atoms with Gasteiger partial charge in [0.05, 0.1) is 9.87 Å². The zero-order valence-corrected chi connectivity index (χ0v) is 12.5. The molecule has 6 heteroatoms. The number of fused-ring (bicyclic) bond motifs is 1. The van der Waals surface area contributed by atoms with Crippen LogP contribution in [0.1, 0.15) is 18.0 Å². The summed E-state index contributed by atoms with van der Waals surface area (Å²) in [5.74, 6) is -0.607. The highest BCUT2D eigenvalue weighted by molar-refractivity contribution is 7.88. The Labute approximate surface area is 127 Å². The summed E-state index contributed by atoms with van der Waals surface area (Å²) in [6.45, 7) is 0.0551. The van der Waals surface area contributed by atoms with Crippen molar-refractivity contribution in [3.8, 4) is 0 Å². The van der Waals surface area contributed by atoms with Crippen LogP contribution in [-0.4, -0.2) is 46.0 Å². The van der Waals surface area contributed by atoms with Gasteiger partial charge in [-0.25, -0.2) is 13.1 Å². The maximum Gasteiger partial charge on any atom is 0.215 e. The molecule has 110 valence electrons. The first-order valence-electron chi connectivity index (χ1n) is 8.57. The molecule has 0 unspecified atom stereocenters. The molecule has 0 saturated carbocycles. The molecule has 1 heterocycles. The van der Waals surface area contributed by atoms with E-state index in [0.29, 0.717) is 0 Å². The Morgan fingerprint density at radius 1 is 1.45 bits per heavy atom. The second-order valence-electron chi connectivity index (χ2n) is 4.68. The third-order valence-electron chi connectivity index (χ3n) is 2.73. The van der Waals surface area contributed by atoms with Gasteiger partial charge in [-0.1, -0.05) is 6.04 Å². The topological polar surface area (TPSA) is 65.2 Å². The van der Waals surface area contributed by atoms with E-state index < -0.39 is 22.1 Å². The quantitative estimate of drug-likeness (QED) is 0.845. The molecule has 0 fully saturated rings. The highest BCUT2D eigenvalue weighted by Gasteiger charge is 2.11. The molecule has 0 spiro atoms. The van der Waals surface area contributed by atoms with E-state index in [-0.39, 0.29) is 46.7 Å². The van der Waals surface area contributed by atoms with E-state index >= 15 is 0 Å². The molecule has 0 aliphatic heterocycles. The molecular weight excluding hydrogens is 274 g/mol. The molecular formula is C14H21N3O2S. The molecule has 0 atom stereocenters. The van der Waals surface area contributed by atoms with E-state index in [2.05, 4.69) is 9.71 Å². The summed E-state index contributed by atoms with van der Waals surface area (Å²) in [6, 6.07) is -0.842. The highest BCUT2D eigenvalue weighted by Crippen LogP contribution is 2.21. The first-order chi connectivity index (χ1) is 11.4. The number of nitrogens with one attached hydrogen (secondary N) is 2. The molecule has 0 aliphatic carbocycles. The number of sulfonamides is 1. The van der Waals surface area contributed by atoms with Gasteiger partial charge in [0.2, 0.25) is 10.0 Å². The second-order valence-corrected chi connectivity index (χ2v) is 6.61. The number of likely N-dealkylation sites (N-methyl/N-ethyl adjacent to an activating group) is 1. The number of nitrogens with zero attached hydrogens (tertiary/aromatic N) is 1. The zero-order chi connectivity index (χ0) is 19.2. The van der Waals surface area contributed by atoms with Crippen LogP contribution in [0, 0.1) is 0 Å². The van der Waals surface area contributed by atoms with E-state index in [1.54, 1.807) is 19.0 Å². The minimum atomic E-state index is -3.74. The summed E-state index contributed by atoms with van der Waals surface area (Å²) in [5, 5.41) is 0.147. The van der Waals surface area contributed by atoms with Gasteiger partial charge in [0.15, 0.2) is 0 Å². The predicted octanol–water partition coefficient (Wildman–Crippen LogP) is 1.32. The Hall–Kier alpha value is -1.37. The molecule has 0 radical (unpaired) electrons. The average molecular weight is 300 g/mol. The van der Waals surface area contributed by atoms with Crippen LogP contribution in [0.15, 0.2) is 24.3 Å². The fourth-order valence-corrected chi connectivity index (χ4v) is 2.36. The number of aromatic amines is 1. The second kappa shape index (κ2) is 5.95. The fourth-order valence-electron chi connectivity index (χ4n) is 1.69. The van der Waals surface area contributed by atoms with E-state index in [1.165, 1.54) is 13.2 Å². The van der Waals surface area contributed by atoms with Gasteiger partial charge in [-0.15, -0.1) is 0 Å². The van der Waals surface area contributed by atoms with Crippen LogP contribution in [0.25, 0.3) is 10.9 Å². The molecule has 0 bridgehead atoms. The lowest BCUT2D eigenvalue weighted by molar-refractivity contribution is 0.414. The smallest absolute Gasteiger partial charge is 0.215 e. The van der Waals surface area contributed by atoms with E-state index in [1.807, 2.05) is 0 Å². The monoisotopic (exact) mass is 300 g/mol. The molecule has 2 aromatic rings. The molecule has 20 heavy (non-hydrogen) atoms. The van der Waals surface area contributed by atoms with E-state index in [4.69, 9.17) is 6.85 Å². The fraction of sp³-hybridized carbons (Fsp3) is 0.429. The first kappa shape index (κ1) is 9.55. The standard InChI is InChI=1S/C14H21N3O2S/c1-15-20(18,19)10-11-4-5-14-13(8-11)12(9-16-14)6-7-17(2)3/h4-5,8-9,15-16H,6-7,10H2,1-3H3/i4D,5D,6D2,8D. The van der Waals surface area contributed by atoms with Crippen molar-refractivity contribution < 1.29 is 15.3 Å². The minimum Gasteiger partial charge on any atom is -0.361 e. The Kier molecular flexibility index (Phi) is 2.84. The maximum atomic E-state index is 11.9. The summed E-state index contributed by atoms with van der Waals surface area (Å²) in [7, 11) is 0.936. The highest BCUT2D eigenvalue weighted by atomic mass is 32.2. The Bertz CT molecular complexity index is 909. The van der Waals surface area contributed by atoms with Gasteiger partial charge in [-0.3, -0.25) is 0 Å². The summed E-state index contributed by atoms with van der Waals surface area (Å²) < 4.78 is 66.9. The number of hydrogen-bond acceptors (Lipinski definition) is 3. The van der Waals surface area contributed by atoms with Crippen LogP contribution in [-0.2, 0) is 22.1 Å². The van der Waals surface area contributed by atoms with E-state index in [9.17, 15) is 8.42 Å². The van der Waals surface area contributed by atoms with Crippen molar-refractivity contribution in [1.29, 1.82) is 0 Å². The molecule has 0 amide bonds. The van der Waals surface area contributed by atoms with Gasteiger partial charge < -0.3 is 9.88 Å². The summed E-state index contributed by atoms with van der Waals surface area (Å²) in [6.07, 6.45) is -0.424. The number of H-pyrrole nitrogens is 1. The van der Waals surface area contributed by atoms with Crippen LogP contribution < -0.4 is 4.72 Å².